The van der Waals surface area contributed by atoms with E-state index < -0.39 is 17.7 Å². The van der Waals surface area contributed by atoms with E-state index in [1.165, 1.54) is 0 Å². The molecule has 2 saturated heterocycles. The highest BCUT2D eigenvalue weighted by Gasteiger charge is 2.40. The van der Waals surface area contributed by atoms with Crippen molar-refractivity contribution in [2.45, 2.75) is 64.1 Å². The normalized spacial score (nSPS) is 26.6. The quantitative estimate of drug-likeness (QED) is 0.752. The first-order valence-electron chi connectivity index (χ1n) is 7.10. The Kier molecular flexibility index (Phi) is 4.01. The summed E-state index contributed by atoms with van der Waals surface area (Å²) in [4.78, 5) is 37.3. The molecule has 6 heteroatoms. The minimum absolute atomic E-state index is 0.101. The average molecular weight is 282 g/mol. The third-order valence-electron chi connectivity index (χ3n) is 3.51. The summed E-state index contributed by atoms with van der Waals surface area (Å²) >= 11 is 0. The molecule has 2 atom stereocenters. The first kappa shape index (κ1) is 14.8. The van der Waals surface area contributed by atoms with Crippen molar-refractivity contribution in [3.63, 3.8) is 0 Å². The second kappa shape index (κ2) is 5.42. The van der Waals surface area contributed by atoms with Crippen LogP contribution in [0.1, 0.15) is 46.5 Å². The van der Waals surface area contributed by atoms with Gasteiger partial charge in [0.1, 0.15) is 17.7 Å². The van der Waals surface area contributed by atoms with Gasteiger partial charge < -0.3 is 15.0 Å². The predicted molar refractivity (Wildman–Crippen MR) is 71.7 cm³/mol. The number of carbonyl (C=O) groups excluding carboxylic acids is 3. The number of carbonyl (C=O) groups is 3. The number of hydrogen-bond acceptors (Lipinski definition) is 4. The number of nitrogens with one attached hydrogen (secondary N) is 1. The van der Waals surface area contributed by atoms with Gasteiger partial charge in [-0.3, -0.25) is 9.59 Å². The highest BCUT2D eigenvalue weighted by atomic mass is 16.6. The Morgan fingerprint density at radius 3 is 2.55 bits per heavy atom. The maximum Gasteiger partial charge on any atom is 0.329 e. The van der Waals surface area contributed by atoms with E-state index in [0.717, 1.165) is 6.42 Å². The van der Waals surface area contributed by atoms with Gasteiger partial charge in [-0.25, -0.2) is 4.79 Å². The largest absolute Gasteiger partial charge is 0.458 e. The van der Waals surface area contributed by atoms with E-state index in [4.69, 9.17) is 4.74 Å². The third-order valence-corrected chi connectivity index (χ3v) is 3.51. The van der Waals surface area contributed by atoms with Crippen molar-refractivity contribution in [1.82, 2.24) is 10.2 Å². The van der Waals surface area contributed by atoms with Gasteiger partial charge in [-0.2, -0.15) is 0 Å². The minimum Gasteiger partial charge on any atom is -0.458 e. The van der Waals surface area contributed by atoms with Crippen LogP contribution in [-0.4, -0.2) is 46.9 Å². The number of ether oxygens (including phenoxy) is 1. The summed E-state index contributed by atoms with van der Waals surface area (Å²) in [5.74, 6) is -0.617. The van der Waals surface area contributed by atoms with Gasteiger partial charge in [0.05, 0.1) is 0 Å². The van der Waals surface area contributed by atoms with Crippen molar-refractivity contribution < 1.29 is 19.1 Å². The molecule has 0 aliphatic carbocycles. The second-order valence-electron chi connectivity index (χ2n) is 6.38. The lowest BCUT2D eigenvalue weighted by molar-refractivity contribution is -0.163. The molecular weight excluding hydrogens is 260 g/mol. The number of amides is 2. The highest BCUT2D eigenvalue weighted by Crippen LogP contribution is 2.23. The number of rotatable bonds is 2. The van der Waals surface area contributed by atoms with Crippen molar-refractivity contribution in [2.24, 2.45) is 0 Å². The molecule has 0 saturated carbocycles. The van der Waals surface area contributed by atoms with Crippen molar-refractivity contribution in [1.29, 1.82) is 0 Å². The zero-order valence-electron chi connectivity index (χ0n) is 12.3. The van der Waals surface area contributed by atoms with E-state index in [0.29, 0.717) is 25.8 Å². The molecular formula is C14H22N2O4. The summed E-state index contributed by atoms with van der Waals surface area (Å²) in [6, 6.07) is -0.996. The Labute approximate surface area is 118 Å². The second-order valence-corrected chi connectivity index (χ2v) is 6.38. The van der Waals surface area contributed by atoms with Crippen LogP contribution in [0.2, 0.25) is 0 Å². The molecule has 0 aromatic rings. The molecule has 0 spiro atoms. The first-order valence-corrected chi connectivity index (χ1v) is 7.10. The molecule has 2 aliphatic rings. The van der Waals surface area contributed by atoms with Crippen LogP contribution in [0.3, 0.4) is 0 Å². The van der Waals surface area contributed by atoms with Gasteiger partial charge in [-0.1, -0.05) is 0 Å². The molecule has 0 aromatic heterocycles. The Morgan fingerprint density at radius 2 is 2.00 bits per heavy atom. The van der Waals surface area contributed by atoms with Gasteiger partial charge >= 0.3 is 5.97 Å². The molecule has 0 bridgehead atoms. The molecule has 0 unspecified atom stereocenters. The van der Waals surface area contributed by atoms with Gasteiger partial charge in [-0.15, -0.1) is 0 Å². The fourth-order valence-corrected chi connectivity index (χ4v) is 2.64. The Balaban J connectivity index is 2.01. The fourth-order valence-electron chi connectivity index (χ4n) is 2.64. The molecule has 6 nitrogen and oxygen atoms in total. The van der Waals surface area contributed by atoms with Crippen molar-refractivity contribution in [3.05, 3.63) is 0 Å². The monoisotopic (exact) mass is 282 g/mol. The van der Waals surface area contributed by atoms with Crippen LogP contribution in [0.25, 0.3) is 0 Å². The zero-order chi connectivity index (χ0) is 14.9. The van der Waals surface area contributed by atoms with Gasteiger partial charge in [0.25, 0.3) is 0 Å². The summed E-state index contributed by atoms with van der Waals surface area (Å²) in [6.45, 7) is 5.98. The summed E-state index contributed by atoms with van der Waals surface area (Å²) in [7, 11) is 0. The summed E-state index contributed by atoms with van der Waals surface area (Å²) < 4.78 is 5.37. The molecule has 2 amide bonds. The number of likely N-dealkylation sites (tertiary alicyclic amines) is 1. The standard InChI is InChI=1S/C14H22N2O4/c1-14(2,3)20-13(19)10-5-4-8-16(10)12(18)9-6-7-11(17)15-9/h9-10H,4-8H2,1-3H3,(H,15,17)/t9-,10-/m0/s1. The summed E-state index contributed by atoms with van der Waals surface area (Å²) in [5.41, 5.74) is -0.560. The van der Waals surface area contributed by atoms with Gasteiger partial charge in [-0.05, 0) is 40.0 Å². The van der Waals surface area contributed by atoms with E-state index in [-0.39, 0.29) is 17.8 Å². The van der Waals surface area contributed by atoms with Crippen LogP contribution >= 0.6 is 0 Å². The van der Waals surface area contributed by atoms with Crippen LogP contribution in [0.4, 0.5) is 0 Å². The minimum atomic E-state index is -0.560. The van der Waals surface area contributed by atoms with Crippen molar-refractivity contribution >= 4 is 17.8 Å². The van der Waals surface area contributed by atoms with Gasteiger partial charge in [0, 0.05) is 13.0 Å². The van der Waals surface area contributed by atoms with Crippen LogP contribution in [0, 0.1) is 0 Å². The van der Waals surface area contributed by atoms with E-state index >= 15 is 0 Å². The molecule has 0 radical (unpaired) electrons. The number of nitrogens with zero attached hydrogens (tertiary/aromatic N) is 1. The molecule has 2 aliphatic heterocycles. The first-order chi connectivity index (χ1) is 9.28. The smallest absolute Gasteiger partial charge is 0.329 e. The summed E-state index contributed by atoms with van der Waals surface area (Å²) in [5, 5.41) is 2.66. The van der Waals surface area contributed by atoms with Crippen LogP contribution in [0.15, 0.2) is 0 Å². The Hall–Kier alpha value is -1.59. The zero-order valence-corrected chi connectivity index (χ0v) is 12.3. The lowest BCUT2D eigenvalue weighted by Gasteiger charge is -2.28. The van der Waals surface area contributed by atoms with Crippen LogP contribution in [0.5, 0.6) is 0 Å². The lowest BCUT2D eigenvalue weighted by Crippen LogP contribution is -2.50. The molecule has 0 aromatic carbocycles. The molecule has 1 N–H and O–H groups in total. The van der Waals surface area contributed by atoms with E-state index in [1.807, 2.05) is 20.8 Å². The molecule has 2 fully saturated rings. The molecule has 112 valence electrons. The average Bonchev–Trinajstić information content (AvgIpc) is 2.93. The van der Waals surface area contributed by atoms with E-state index in [2.05, 4.69) is 5.32 Å². The van der Waals surface area contributed by atoms with Gasteiger partial charge in [0.2, 0.25) is 11.8 Å². The SMILES string of the molecule is CC(C)(C)OC(=O)[C@@H]1CCCN1C(=O)[C@@H]1CCC(=O)N1. The van der Waals surface area contributed by atoms with Crippen molar-refractivity contribution in [3.8, 4) is 0 Å². The lowest BCUT2D eigenvalue weighted by atomic mass is 10.1. The summed E-state index contributed by atoms with van der Waals surface area (Å²) in [6.07, 6.45) is 2.30. The number of esters is 1. The maximum absolute atomic E-state index is 12.4. The van der Waals surface area contributed by atoms with E-state index in [1.54, 1.807) is 4.90 Å². The molecule has 20 heavy (non-hydrogen) atoms. The fraction of sp³-hybridized carbons (Fsp3) is 0.786. The number of hydrogen-bond donors (Lipinski definition) is 1. The molecule has 2 heterocycles. The Bertz CT molecular complexity index is 427. The molecule has 2 rings (SSSR count). The highest BCUT2D eigenvalue weighted by molar-refractivity contribution is 5.93. The maximum atomic E-state index is 12.4. The Morgan fingerprint density at radius 1 is 1.30 bits per heavy atom. The van der Waals surface area contributed by atoms with Crippen molar-refractivity contribution in [2.75, 3.05) is 6.54 Å². The van der Waals surface area contributed by atoms with Crippen LogP contribution < -0.4 is 5.32 Å². The van der Waals surface area contributed by atoms with Crippen LogP contribution in [-0.2, 0) is 19.1 Å². The van der Waals surface area contributed by atoms with Gasteiger partial charge in [0.15, 0.2) is 0 Å². The van der Waals surface area contributed by atoms with E-state index in [9.17, 15) is 14.4 Å². The topological polar surface area (TPSA) is 75.7 Å². The third kappa shape index (κ3) is 3.29. The predicted octanol–water partition coefficient (Wildman–Crippen LogP) is 0.598.